The third-order valence-electron chi connectivity index (χ3n) is 5.92. The van der Waals surface area contributed by atoms with Gasteiger partial charge >= 0.3 is 0 Å². The average molecular weight is 359 g/mol. The van der Waals surface area contributed by atoms with Gasteiger partial charge in [0.15, 0.2) is 0 Å². The van der Waals surface area contributed by atoms with Crippen LogP contribution in [0.3, 0.4) is 0 Å². The van der Waals surface area contributed by atoms with Gasteiger partial charge in [0.05, 0.1) is 11.7 Å². The van der Waals surface area contributed by atoms with Crippen molar-refractivity contribution in [2.45, 2.75) is 91.3 Å². The minimum Gasteiger partial charge on any atom is -0.371 e. The molecule has 2 aliphatic rings. The Balaban J connectivity index is 1.94. The maximum atomic E-state index is 6.72. The van der Waals surface area contributed by atoms with E-state index < -0.39 is 0 Å². The maximum Gasteiger partial charge on any atom is 0.0782 e. The van der Waals surface area contributed by atoms with Crippen molar-refractivity contribution < 1.29 is 4.74 Å². The summed E-state index contributed by atoms with van der Waals surface area (Å²) in [6.07, 6.45) is 9.53. The van der Waals surface area contributed by atoms with Crippen LogP contribution in [0.25, 0.3) is 0 Å². The molecule has 21 heavy (non-hydrogen) atoms. The summed E-state index contributed by atoms with van der Waals surface area (Å²) in [6.45, 7) is 12.0. The molecule has 2 aliphatic carbocycles. The molecule has 2 rings (SSSR count). The van der Waals surface area contributed by atoms with Gasteiger partial charge in [0, 0.05) is 5.33 Å². The van der Waals surface area contributed by atoms with Crippen molar-refractivity contribution in [2.75, 3.05) is 5.33 Å². The zero-order valence-corrected chi connectivity index (χ0v) is 16.3. The molecule has 124 valence electrons. The van der Waals surface area contributed by atoms with E-state index in [-0.39, 0.29) is 5.60 Å². The Kier molecular flexibility index (Phi) is 5.85. The predicted molar refractivity (Wildman–Crippen MR) is 95.0 cm³/mol. The van der Waals surface area contributed by atoms with Crippen molar-refractivity contribution in [1.29, 1.82) is 0 Å². The fourth-order valence-electron chi connectivity index (χ4n) is 4.62. The first kappa shape index (κ1) is 17.8. The van der Waals surface area contributed by atoms with Crippen LogP contribution in [0.4, 0.5) is 0 Å². The highest BCUT2D eigenvalue weighted by Gasteiger charge is 2.41. The molecule has 1 nitrogen and oxygen atoms in total. The molecule has 0 aromatic rings. The quantitative estimate of drug-likeness (QED) is 0.545. The standard InChI is InChI=1S/C19H35BrO/c1-14-10-15(2)12-17(11-14)21-19(13-20)8-6-16(7-9-19)18(3,4)5/h14-17H,6-13H2,1-5H3. The third kappa shape index (κ3) is 4.70. The van der Waals surface area contributed by atoms with Crippen molar-refractivity contribution >= 4 is 15.9 Å². The molecule has 0 saturated heterocycles. The minimum absolute atomic E-state index is 0.114. The molecular formula is C19H35BrO. The topological polar surface area (TPSA) is 9.23 Å². The van der Waals surface area contributed by atoms with Gasteiger partial charge in [-0.3, -0.25) is 0 Å². The molecule has 2 unspecified atom stereocenters. The summed E-state index contributed by atoms with van der Waals surface area (Å²) in [5.74, 6) is 2.52. The molecule has 2 saturated carbocycles. The van der Waals surface area contributed by atoms with Gasteiger partial charge in [0.25, 0.3) is 0 Å². The van der Waals surface area contributed by atoms with Gasteiger partial charge in [-0.05, 0) is 68.1 Å². The van der Waals surface area contributed by atoms with Crippen LogP contribution in [0, 0.1) is 23.2 Å². The van der Waals surface area contributed by atoms with Crippen molar-refractivity contribution in [3.8, 4) is 0 Å². The van der Waals surface area contributed by atoms with Crippen molar-refractivity contribution in [2.24, 2.45) is 23.2 Å². The number of halogens is 1. The molecule has 0 aliphatic heterocycles. The van der Waals surface area contributed by atoms with E-state index in [0.717, 1.165) is 23.1 Å². The fourth-order valence-corrected chi connectivity index (χ4v) is 5.31. The number of ether oxygens (including phenoxy) is 1. The lowest BCUT2D eigenvalue weighted by atomic mass is 9.68. The van der Waals surface area contributed by atoms with Gasteiger partial charge in [-0.1, -0.05) is 50.5 Å². The number of alkyl halides is 1. The van der Waals surface area contributed by atoms with Crippen molar-refractivity contribution in [3.63, 3.8) is 0 Å². The van der Waals surface area contributed by atoms with E-state index in [1.54, 1.807) is 0 Å². The van der Waals surface area contributed by atoms with Crippen LogP contribution in [-0.2, 0) is 4.74 Å². The van der Waals surface area contributed by atoms with E-state index in [4.69, 9.17) is 4.74 Å². The lowest BCUT2D eigenvalue weighted by Crippen LogP contribution is -2.45. The van der Waals surface area contributed by atoms with Gasteiger partial charge in [-0.15, -0.1) is 0 Å². The highest BCUT2D eigenvalue weighted by atomic mass is 79.9. The van der Waals surface area contributed by atoms with Crippen LogP contribution in [-0.4, -0.2) is 17.0 Å². The summed E-state index contributed by atoms with van der Waals surface area (Å²) in [6, 6.07) is 0. The largest absolute Gasteiger partial charge is 0.371 e. The van der Waals surface area contributed by atoms with E-state index >= 15 is 0 Å². The normalized spacial score (nSPS) is 42.0. The molecule has 2 fully saturated rings. The van der Waals surface area contributed by atoms with Gasteiger partial charge in [0.2, 0.25) is 0 Å². The number of hydrogen-bond acceptors (Lipinski definition) is 1. The van der Waals surface area contributed by atoms with E-state index in [0.29, 0.717) is 11.5 Å². The van der Waals surface area contributed by atoms with Gasteiger partial charge < -0.3 is 4.74 Å². The van der Waals surface area contributed by atoms with E-state index in [9.17, 15) is 0 Å². The molecule has 0 aromatic carbocycles. The average Bonchev–Trinajstić information content (AvgIpc) is 2.37. The highest BCUT2D eigenvalue weighted by molar-refractivity contribution is 9.09. The lowest BCUT2D eigenvalue weighted by molar-refractivity contribution is -0.129. The summed E-state index contributed by atoms with van der Waals surface area (Å²) in [5.41, 5.74) is 0.565. The van der Waals surface area contributed by atoms with Crippen LogP contribution in [0.1, 0.15) is 79.6 Å². The molecule has 2 heteroatoms. The Bertz CT molecular complexity index is 315. The molecular weight excluding hydrogens is 324 g/mol. The first-order valence-electron chi connectivity index (χ1n) is 8.98. The zero-order chi connectivity index (χ0) is 15.7. The summed E-state index contributed by atoms with van der Waals surface area (Å²) in [5, 5.41) is 1.01. The Labute approximate surface area is 140 Å². The van der Waals surface area contributed by atoms with Gasteiger partial charge in [-0.25, -0.2) is 0 Å². The van der Waals surface area contributed by atoms with Crippen LogP contribution >= 0.6 is 15.9 Å². The lowest BCUT2D eigenvalue weighted by Gasteiger charge is -2.46. The molecule has 0 heterocycles. The first-order valence-corrected chi connectivity index (χ1v) is 10.1. The highest BCUT2D eigenvalue weighted by Crippen LogP contribution is 2.45. The van der Waals surface area contributed by atoms with Crippen molar-refractivity contribution in [1.82, 2.24) is 0 Å². The molecule has 0 amide bonds. The number of hydrogen-bond donors (Lipinski definition) is 0. The molecule has 0 N–H and O–H groups in total. The zero-order valence-electron chi connectivity index (χ0n) is 14.8. The second-order valence-electron chi connectivity index (χ2n) is 9.11. The van der Waals surface area contributed by atoms with E-state index in [1.807, 2.05) is 0 Å². The molecule has 0 aromatic heterocycles. The Morgan fingerprint density at radius 2 is 1.52 bits per heavy atom. The first-order chi connectivity index (χ1) is 9.74. The summed E-state index contributed by atoms with van der Waals surface area (Å²) >= 11 is 3.77. The Hall–Kier alpha value is 0.440. The summed E-state index contributed by atoms with van der Waals surface area (Å²) in [7, 11) is 0. The predicted octanol–water partition coefficient (Wildman–Crippen LogP) is 6.20. The molecule has 2 atom stereocenters. The van der Waals surface area contributed by atoms with E-state index in [1.165, 1.54) is 44.9 Å². The van der Waals surface area contributed by atoms with Crippen LogP contribution in [0.5, 0.6) is 0 Å². The monoisotopic (exact) mass is 358 g/mol. The Morgan fingerprint density at radius 1 is 1.00 bits per heavy atom. The third-order valence-corrected chi connectivity index (χ3v) is 6.94. The van der Waals surface area contributed by atoms with Crippen LogP contribution in [0.2, 0.25) is 0 Å². The summed E-state index contributed by atoms with van der Waals surface area (Å²) in [4.78, 5) is 0. The van der Waals surface area contributed by atoms with Gasteiger partial charge in [0.1, 0.15) is 0 Å². The van der Waals surface area contributed by atoms with Crippen LogP contribution in [0.15, 0.2) is 0 Å². The Morgan fingerprint density at radius 3 is 1.95 bits per heavy atom. The minimum atomic E-state index is 0.114. The van der Waals surface area contributed by atoms with Gasteiger partial charge in [-0.2, -0.15) is 0 Å². The number of rotatable bonds is 3. The SMILES string of the molecule is CC1CC(C)CC(OC2(CBr)CCC(C(C)(C)C)CC2)C1. The second kappa shape index (κ2) is 6.91. The smallest absolute Gasteiger partial charge is 0.0782 e. The van der Waals surface area contributed by atoms with Crippen LogP contribution < -0.4 is 0 Å². The molecule has 0 spiro atoms. The molecule has 0 radical (unpaired) electrons. The van der Waals surface area contributed by atoms with Crippen molar-refractivity contribution in [3.05, 3.63) is 0 Å². The molecule has 0 bridgehead atoms. The summed E-state index contributed by atoms with van der Waals surface area (Å²) < 4.78 is 6.72. The van der Waals surface area contributed by atoms with E-state index in [2.05, 4.69) is 50.5 Å². The fraction of sp³-hybridized carbons (Fsp3) is 1.00. The second-order valence-corrected chi connectivity index (χ2v) is 9.67. The maximum absolute atomic E-state index is 6.72.